The monoisotopic (exact) mass is 230 g/mol. The van der Waals surface area contributed by atoms with Crippen LogP contribution in [-0.4, -0.2) is 27.7 Å². The van der Waals surface area contributed by atoms with E-state index in [-0.39, 0.29) is 0 Å². The lowest BCUT2D eigenvalue weighted by atomic mass is 10.1. The van der Waals surface area contributed by atoms with Crippen LogP contribution in [0.5, 0.6) is 0 Å². The minimum atomic E-state index is -2.04. The highest BCUT2D eigenvalue weighted by Crippen LogP contribution is 2.09. The molecule has 0 unspecified atom stereocenters. The van der Waals surface area contributed by atoms with Gasteiger partial charge >= 0.3 is 0 Å². The fourth-order valence-corrected chi connectivity index (χ4v) is 1.54. The molecule has 0 aromatic carbocycles. The van der Waals surface area contributed by atoms with Crippen molar-refractivity contribution < 1.29 is 15.3 Å². The first-order chi connectivity index (χ1) is 7.62. The zero-order valence-corrected chi connectivity index (χ0v) is 10.4. The molecule has 3 heteroatoms. The van der Waals surface area contributed by atoms with Crippen molar-refractivity contribution in [2.24, 2.45) is 0 Å². The van der Waals surface area contributed by atoms with Crippen molar-refractivity contribution in [3.63, 3.8) is 0 Å². The van der Waals surface area contributed by atoms with Gasteiger partial charge < -0.3 is 15.3 Å². The number of hydrogen-bond donors (Lipinski definition) is 3. The number of allylic oxidation sites excluding steroid dienone is 1. The summed E-state index contributed by atoms with van der Waals surface area (Å²) in [6, 6.07) is 0. The molecule has 3 N–H and O–H groups in total. The van der Waals surface area contributed by atoms with Gasteiger partial charge in [-0.2, -0.15) is 0 Å². The molecule has 0 saturated heterocycles. The van der Waals surface area contributed by atoms with Gasteiger partial charge in [0.2, 0.25) is 5.79 Å². The Hall–Kier alpha value is -0.380. The quantitative estimate of drug-likeness (QED) is 0.307. The third kappa shape index (κ3) is 10.1. The Balaban J connectivity index is 3.27. The van der Waals surface area contributed by atoms with Crippen LogP contribution in [0.2, 0.25) is 0 Å². The van der Waals surface area contributed by atoms with E-state index >= 15 is 0 Å². The SMILES string of the molecule is CCCCCCCCCC=CC(O)(O)CO. The van der Waals surface area contributed by atoms with Gasteiger partial charge in [0.05, 0.1) is 0 Å². The summed E-state index contributed by atoms with van der Waals surface area (Å²) in [5.74, 6) is -2.04. The topological polar surface area (TPSA) is 60.7 Å². The average molecular weight is 230 g/mol. The fourth-order valence-electron chi connectivity index (χ4n) is 1.54. The molecule has 0 aliphatic carbocycles. The molecule has 0 bridgehead atoms. The zero-order chi connectivity index (χ0) is 12.3. The predicted molar refractivity (Wildman–Crippen MR) is 66.0 cm³/mol. The lowest BCUT2D eigenvalue weighted by Crippen LogP contribution is -2.29. The standard InChI is InChI=1S/C13H26O3/c1-2-3-4-5-6-7-8-9-10-11-13(15,16)12-14/h10-11,14-16H,2-9,12H2,1H3. The number of rotatable bonds is 10. The van der Waals surface area contributed by atoms with Crippen LogP contribution in [0.25, 0.3) is 0 Å². The molecule has 0 aromatic heterocycles. The Bertz CT molecular complexity index is 176. The second-order valence-electron chi connectivity index (χ2n) is 4.35. The Kier molecular flexibility index (Phi) is 9.59. The smallest absolute Gasteiger partial charge is 0.206 e. The predicted octanol–water partition coefficient (Wildman–Crippen LogP) is 2.36. The summed E-state index contributed by atoms with van der Waals surface area (Å²) in [7, 11) is 0. The van der Waals surface area contributed by atoms with Gasteiger partial charge in [0.1, 0.15) is 6.61 Å². The van der Waals surface area contributed by atoms with Crippen molar-refractivity contribution in [2.45, 2.75) is 64.1 Å². The van der Waals surface area contributed by atoms with E-state index in [0.717, 1.165) is 12.8 Å². The number of hydrogen-bond acceptors (Lipinski definition) is 3. The first-order valence-electron chi connectivity index (χ1n) is 6.35. The van der Waals surface area contributed by atoms with Crippen molar-refractivity contribution in [1.29, 1.82) is 0 Å². The van der Waals surface area contributed by atoms with E-state index in [1.165, 1.54) is 44.6 Å². The molecule has 0 atom stereocenters. The van der Waals surface area contributed by atoms with Gasteiger partial charge in [-0.15, -0.1) is 0 Å². The van der Waals surface area contributed by atoms with Crippen molar-refractivity contribution in [2.75, 3.05) is 6.61 Å². The van der Waals surface area contributed by atoms with Crippen LogP contribution in [0.15, 0.2) is 12.2 Å². The van der Waals surface area contributed by atoms with Crippen LogP contribution in [-0.2, 0) is 0 Å². The number of aliphatic hydroxyl groups excluding tert-OH is 1. The third-order valence-corrected chi connectivity index (χ3v) is 2.59. The van der Waals surface area contributed by atoms with Gasteiger partial charge in [0, 0.05) is 0 Å². The van der Waals surface area contributed by atoms with E-state index in [1.54, 1.807) is 6.08 Å². The Morgan fingerprint density at radius 3 is 2.06 bits per heavy atom. The highest BCUT2D eigenvalue weighted by atomic mass is 16.5. The van der Waals surface area contributed by atoms with E-state index in [1.807, 2.05) is 0 Å². The highest BCUT2D eigenvalue weighted by molar-refractivity contribution is 4.93. The maximum Gasteiger partial charge on any atom is 0.206 e. The summed E-state index contributed by atoms with van der Waals surface area (Å²) < 4.78 is 0. The Morgan fingerprint density at radius 2 is 1.50 bits per heavy atom. The van der Waals surface area contributed by atoms with Crippen LogP contribution in [0.3, 0.4) is 0 Å². The van der Waals surface area contributed by atoms with Crippen LogP contribution < -0.4 is 0 Å². The van der Waals surface area contributed by atoms with E-state index in [4.69, 9.17) is 15.3 Å². The van der Waals surface area contributed by atoms with Crippen LogP contribution in [0, 0.1) is 0 Å². The molecular formula is C13H26O3. The molecule has 0 amide bonds. The highest BCUT2D eigenvalue weighted by Gasteiger charge is 2.15. The van der Waals surface area contributed by atoms with Crippen LogP contribution in [0.4, 0.5) is 0 Å². The van der Waals surface area contributed by atoms with E-state index < -0.39 is 12.4 Å². The molecule has 0 radical (unpaired) electrons. The van der Waals surface area contributed by atoms with Gasteiger partial charge in [-0.05, 0) is 18.9 Å². The molecule has 0 heterocycles. The van der Waals surface area contributed by atoms with Gasteiger partial charge in [-0.1, -0.05) is 51.5 Å². The summed E-state index contributed by atoms with van der Waals surface area (Å²) in [6.45, 7) is 1.56. The van der Waals surface area contributed by atoms with Crippen molar-refractivity contribution in [3.05, 3.63) is 12.2 Å². The summed E-state index contributed by atoms with van der Waals surface area (Å²) in [4.78, 5) is 0. The Morgan fingerprint density at radius 1 is 0.938 bits per heavy atom. The van der Waals surface area contributed by atoms with Gasteiger partial charge in [0.15, 0.2) is 0 Å². The molecule has 0 fully saturated rings. The van der Waals surface area contributed by atoms with Gasteiger partial charge in [0.25, 0.3) is 0 Å². The van der Waals surface area contributed by atoms with Gasteiger partial charge in [-0.25, -0.2) is 0 Å². The number of unbranched alkanes of at least 4 members (excludes halogenated alkanes) is 7. The summed E-state index contributed by atoms with van der Waals surface area (Å²) in [5, 5.41) is 26.6. The van der Waals surface area contributed by atoms with E-state index in [0.29, 0.717) is 0 Å². The zero-order valence-electron chi connectivity index (χ0n) is 10.4. The van der Waals surface area contributed by atoms with Crippen molar-refractivity contribution in [1.82, 2.24) is 0 Å². The molecule has 16 heavy (non-hydrogen) atoms. The van der Waals surface area contributed by atoms with Crippen LogP contribution >= 0.6 is 0 Å². The molecule has 0 saturated carbocycles. The summed E-state index contributed by atoms with van der Waals surface area (Å²) >= 11 is 0. The summed E-state index contributed by atoms with van der Waals surface area (Å²) in [5.41, 5.74) is 0. The average Bonchev–Trinajstić information content (AvgIpc) is 2.27. The van der Waals surface area contributed by atoms with Crippen LogP contribution in [0.1, 0.15) is 58.3 Å². The van der Waals surface area contributed by atoms with E-state index in [2.05, 4.69) is 6.92 Å². The molecule has 0 spiro atoms. The second-order valence-corrected chi connectivity index (χ2v) is 4.35. The molecule has 0 aromatic rings. The largest absolute Gasteiger partial charge is 0.390 e. The van der Waals surface area contributed by atoms with Gasteiger partial charge in [-0.3, -0.25) is 0 Å². The molecule has 0 aliphatic heterocycles. The molecule has 3 nitrogen and oxygen atoms in total. The minimum Gasteiger partial charge on any atom is -0.390 e. The summed E-state index contributed by atoms with van der Waals surface area (Å²) in [6.07, 6.45) is 12.6. The second kappa shape index (κ2) is 9.82. The lowest BCUT2D eigenvalue weighted by Gasteiger charge is -2.12. The lowest BCUT2D eigenvalue weighted by molar-refractivity contribution is -0.146. The molecule has 0 aliphatic rings. The van der Waals surface area contributed by atoms with Crippen molar-refractivity contribution in [3.8, 4) is 0 Å². The third-order valence-electron chi connectivity index (χ3n) is 2.59. The number of aliphatic hydroxyl groups is 3. The fraction of sp³-hybridized carbons (Fsp3) is 0.846. The maximum absolute atomic E-state index is 9.04. The molecule has 0 rings (SSSR count). The molecular weight excluding hydrogens is 204 g/mol. The first-order valence-corrected chi connectivity index (χ1v) is 6.35. The first kappa shape index (κ1) is 15.6. The molecule has 96 valence electrons. The Labute approximate surface area is 98.8 Å². The normalized spacial score (nSPS) is 12.5. The maximum atomic E-state index is 9.04. The van der Waals surface area contributed by atoms with Crippen molar-refractivity contribution >= 4 is 0 Å². The minimum absolute atomic E-state index is 0.652. The van der Waals surface area contributed by atoms with E-state index in [9.17, 15) is 0 Å².